The number of benzene rings is 1. The minimum Gasteiger partial charge on any atom is -0.494 e. The first-order valence-electron chi connectivity index (χ1n) is 6.27. The summed E-state index contributed by atoms with van der Waals surface area (Å²) in [6.45, 7) is 0. The minimum atomic E-state index is -0.426. The van der Waals surface area contributed by atoms with Crippen LogP contribution in [0.2, 0.25) is 0 Å². The average Bonchev–Trinajstić information content (AvgIpc) is 2.97. The molecule has 106 valence electrons. The molecule has 0 radical (unpaired) electrons. The lowest BCUT2D eigenvalue weighted by atomic mass is 10.2. The van der Waals surface area contributed by atoms with Crippen molar-refractivity contribution in [2.45, 2.75) is 0 Å². The molecule has 5 nitrogen and oxygen atoms in total. The molecule has 0 aliphatic carbocycles. The fraction of sp³-hybridized carbons (Fsp3) is 0.0667. The topological polar surface area (TPSA) is 66.0 Å². The Morgan fingerprint density at radius 1 is 1.19 bits per heavy atom. The number of nitrogen functional groups attached to an aromatic ring is 1. The highest BCUT2D eigenvalue weighted by atomic mass is 19.1. The van der Waals surface area contributed by atoms with Crippen LogP contribution < -0.4 is 10.5 Å². The Morgan fingerprint density at radius 3 is 2.71 bits per heavy atom. The van der Waals surface area contributed by atoms with Crippen LogP contribution in [0.4, 0.5) is 10.2 Å². The number of rotatable bonds is 3. The Kier molecular flexibility index (Phi) is 3.27. The van der Waals surface area contributed by atoms with Gasteiger partial charge in [0.2, 0.25) is 0 Å². The maximum absolute atomic E-state index is 13.8. The molecule has 2 aromatic heterocycles. The second-order valence-corrected chi connectivity index (χ2v) is 4.44. The molecule has 3 aromatic rings. The highest BCUT2D eigenvalue weighted by Crippen LogP contribution is 2.25. The molecule has 0 saturated carbocycles. The number of ether oxygens (including phenoxy) is 1. The zero-order valence-corrected chi connectivity index (χ0v) is 11.3. The Hall–Kier alpha value is -2.89. The molecule has 0 saturated heterocycles. The predicted octanol–water partition coefficient (Wildman–Crippen LogP) is 2.66. The number of anilines is 1. The van der Waals surface area contributed by atoms with E-state index in [1.165, 1.54) is 13.2 Å². The fourth-order valence-corrected chi connectivity index (χ4v) is 2.08. The van der Waals surface area contributed by atoms with E-state index < -0.39 is 5.82 Å². The lowest BCUT2D eigenvalue weighted by molar-refractivity contribution is 0.386. The van der Waals surface area contributed by atoms with E-state index in [2.05, 4.69) is 9.97 Å². The number of hydrogen-bond donors (Lipinski definition) is 1. The summed E-state index contributed by atoms with van der Waals surface area (Å²) in [6.07, 6.45) is 4.96. The van der Waals surface area contributed by atoms with Crippen molar-refractivity contribution >= 4 is 5.82 Å². The van der Waals surface area contributed by atoms with Crippen LogP contribution in [-0.4, -0.2) is 21.6 Å². The van der Waals surface area contributed by atoms with Crippen molar-refractivity contribution in [2.75, 3.05) is 12.8 Å². The van der Waals surface area contributed by atoms with Crippen LogP contribution >= 0.6 is 0 Å². The van der Waals surface area contributed by atoms with Gasteiger partial charge >= 0.3 is 0 Å². The summed E-state index contributed by atoms with van der Waals surface area (Å²) in [5.41, 5.74) is 7.88. The summed E-state index contributed by atoms with van der Waals surface area (Å²) >= 11 is 0. The third-order valence-corrected chi connectivity index (χ3v) is 3.13. The van der Waals surface area contributed by atoms with Gasteiger partial charge in [-0.05, 0) is 24.3 Å². The molecule has 0 amide bonds. The largest absolute Gasteiger partial charge is 0.494 e. The van der Waals surface area contributed by atoms with Gasteiger partial charge < -0.3 is 10.5 Å². The molecule has 2 heterocycles. The molecule has 0 bridgehead atoms. The number of aromatic nitrogens is 3. The zero-order chi connectivity index (χ0) is 14.8. The maximum atomic E-state index is 13.8. The number of methoxy groups -OCH3 is 1. The first kappa shape index (κ1) is 13.1. The van der Waals surface area contributed by atoms with Crippen molar-refractivity contribution in [3.8, 4) is 22.7 Å². The molecular formula is C15H13FN4O. The summed E-state index contributed by atoms with van der Waals surface area (Å²) in [7, 11) is 1.43. The number of imidazole rings is 1. The van der Waals surface area contributed by atoms with E-state index in [-0.39, 0.29) is 5.75 Å². The molecular weight excluding hydrogens is 271 g/mol. The Bertz CT molecular complexity index is 768. The lowest BCUT2D eigenvalue weighted by Gasteiger charge is -2.10. The molecule has 21 heavy (non-hydrogen) atoms. The van der Waals surface area contributed by atoms with Crippen LogP contribution in [0, 0.1) is 5.82 Å². The maximum Gasteiger partial charge on any atom is 0.167 e. The van der Waals surface area contributed by atoms with Crippen molar-refractivity contribution < 1.29 is 9.13 Å². The highest BCUT2D eigenvalue weighted by Gasteiger charge is 2.10. The molecule has 0 fully saturated rings. The summed E-state index contributed by atoms with van der Waals surface area (Å²) in [5, 5.41) is 0. The number of nitrogens with two attached hydrogens (primary N) is 1. The van der Waals surface area contributed by atoms with Crippen LogP contribution in [-0.2, 0) is 0 Å². The summed E-state index contributed by atoms with van der Waals surface area (Å²) in [4.78, 5) is 8.18. The van der Waals surface area contributed by atoms with Crippen LogP contribution in [0.5, 0.6) is 5.75 Å². The smallest absolute Gasteiger partial charge is 0.167 e. The highest BCUT2D eigenvalue weighted by molar-refractivity contribution is 5.62. The molecule has 0 unspecified atom stereocenters. The number of pyridine rings is 1. The molecule has 0 atom stereocenters. The lowest BCUT2D eigenvalue weighted by Crippen LogP contribution is -1.98. The molecule has 0 aliphatic rings. The number of hydrogen-bond acceptors (Lipinski definition) is 4. The Balaban J connectivity index is 2.06. The SMILES string of the molecule is COc1ccc(-n2cncc2-c2ccc(N)nc2)cc1F. The monoisotopic (exact) mass is 284 g/mol. The Morgan fingerprint density at radius 2 is 2.05 bits per heavy atom. The number of halogens is 1. The van der Waals surface area contributed by atoms with E-state index in [1.807, 2.05) is 6.07 Å². The van der Waals surface area contributed by atoms with Gasteiger partial charge in [0.1, 0.15) is 5.82 Å². The molecule has 2 N–H and O–H groups in total. The van der Waals surface area contributed by atoms with Gasteiger partial charge in [0.25, 0.3) is 0 Å². The van der Waals surface area contributed by atoms with E-state index >= 15 is 0 Å². The van der Waals surface area contributed by atoms with Gasteiger partial charge in [-0.2, -0.15) is 0 Å². The number of nitrogens with zero attached hydrogens (tertiary/aromatic N) is 3. The van der Waals surface area contributed by atoms with E-state index in [0.29, 0.717) is 11.5 Å². The molecule has 3 rings (SSSR count). The van der Waals surface area contributed by atoms with E-state index in [4.69, 9.17) is 10.5 Å². The summed E-state index contributed by atoms with van der Waals surface area (Å²) in [5.74, 6) is 0.222. The third-order valence-electron chi connectivity index (χ3n) is 3.13. The van der Waals surface area contributed by atoms with Gasteiger partial charge in [-0.15, -0.1) is 0 Å². The standard InChI is InChI=1S/C15H13FN4O/c1-21-14-4-3-11(6-12(14)16)20-9-18-8-13(20)10-2-5-15(17)19-7-10/h2-9H,1H3,(H2,17,19). The van der Waals surface area contributed by atoms with Crippen molar-refractivity contribution in [1.29, 1.82) is 0 Å². The summed E-state index contributed by atoms with van der Waals surface area (Å²) in [6, 6.07) is 8.29. The van der Waals surface area contributed by atoms with Crippen LogP contribution in [0.3, 0.4) is 0 Å². The average molecular weight is 284 g/mol. The molecule has 6 heteroatoms. The van der Waals surface area contributed by atoms with Gasteiger partial charge in [0, 0.05) is 17.8 Å². The van der Waals surface area contributed by atoms with Crippen LogP contribution in [0.15, 0.2) is 49.1 Å². The normalized spacial score (nSPS) is 10.6. The van der Waals surface area contributed by atoms with Crippen LogP contribution in [0.25, 0.3) is 16.9 Å². The molecule has 0 aliphatic heterocycles. The third kappa shape index (κ3) is 2.43. The second-order valence-electron chi connectivity index (χ2n) is 4.44. The van der Waals surface area contributed by atoms with Gasteiger partial charge in [-0.1, -0.05) is 0 Å². The minimum absolute atomic E-state index is 0.203. The fourth-order valence-electron chi connectivity index (χ4n) is 2.08. The van der Waals surface area contributed by atoms with Crippen LogP contribution in [0.1, 0.15) is 0 Å². The van der Waals surface area contributed by atoms with Crippen molar-refractivity contribution in [1.82, 2.24) is 14.5 Å². The molecule has 0 spiro atoms. The first-order valence-corrected chi connectivity index (χ1v) is 6.27. The van der Waals surface area contributed by atoms with Crippen molar-refractivity contribution in [3.63, 3.8) is 0 Å². The summed E-state index contributed by atoms with van der Waals surface area (Å²) < 4.78 is 20.5. The van der Waals surface area contributed by atoms with Gasteiger partial charge in [-0.3, -0.25) is 4.57 Å². The second kappa shape index (κ2) is 5.24. The molecule has 1 aromatic carbocycles. The van der Waals surface area contributed by atoms with Crippen molar-refractivity contribution in [2.24, 2.45) is 0 Å². The van der Waals surface area contributed by atoms with Gasteiger partial charge in [0.05, 0.1) is 31.0 Å². The van der Waals surface area contributed by atoms with E-state index in [1.54, 1.807) is 41.5 Å². The first-order chi connectivity index (χ1) is 10.2. The van der Waals surface area contributed by atoms with E-state index in [0.717, 1.165) is 11.3 Å². The predicted molar refractivity (Wildman–Crippen MR) is 77.7 cm³/mol. The zero-order valence-electron chi connectivity index (χ0n) is 11.3. The quantitative estimate of drug-likeness (QED) is 0.803. The van der Waals surface area contributed by atoms with Gasteiger partial charge in [0.15, 0.2) is 11.6 Å². The Labute approximate surface area is 120 Å². The van der Waals surface area contributed by atoms with Crippen molar-refractivity contribution in [3.05, 3.63) is 54.9 Å². The van der Waals surface area contributed by atoms with Gasteiger partial charge in [-0.25, -0.2) is 14.4 Å². The van der Waals surface area contributed by atoms with E-state index in [9.17, 15) is 4.39 Å².